The van der Waals surface area contributed by atoms with E-state index >= 15 is 0 Å². The molecule has 0 saturated heterocycles. The maximum atomic E-state index is 13.0. The maximum absolute atomic E-state index is 13.0. The van der Waals surface area contributed by atoms with Crippen LogP contribution >= 0.6 is 24.0 Å². The van der Waals surface area contributed by atoms with Crippen LogP contribution in [0.5, 0.6) is 0 Å². The molecule has 0 spiro atoms. The normalized spacial score (nSPS) is 16.5. The Morgan fingerprint density at radius 2 is 1.92 bits per heavy atom. The van der Waals surface area contributed by atoms with Crippen LogP contribution in [0, 0.1) is 11.7 Å². The molecule has 0 bridgehead atoms. The Morgan fingerprint density at radius 1 is 1.27 bits per heavy atom. The second kappa shape index (κ2) is 12.1. The molecular weight excluding hydrogens is 446 g/mol. The van der Waals surface area contributed by atoms with Crippen molar-refractivity contribution in [2.24, 2.45) is 16.6 Å². The van der Waals surface area contributed by atoms with E-state index in [1.54, 1.807) is 12.1 Å². The standard InChI is InChI=1S/C19H29FN4O.HI/c1-2-22-19(24-17-6-4-3-5-7-17)23-13-15(18(21)25)12-14-8-10-16(20)11-9-14;/h8-11,15,17H,2-7,12-13H2,1H3,(H2,21,25)(H2,22,23,24);1H. The average Bonchev–Trinajstić information content (AvgIpc) is 2.61. The number of benzene rings is 1. The van der Waals surface area contributed by atoms with E-state index in [2.05, 4.69) is 15.6 Å². The lowest BCUT2D eigenvalue weighted by Crippen LogP contribution is -2.44. The fourth-order valence-electron chi connectivity index (χ4n) is 3.12. The predicted molar refractivity (Wildman–Crippen MR) is 114 cm³/mol. The zero-order valence-electron chi connectivity index (χ0n) is 15.3. The van der Waals surface area contributed by atoms with Gasteiger partial charge in [-0.2, -0.15) is 0 Å². The Labute approximate surface area is 172 Å². The number of hydrogen-bond acceptors (Lipinski definition) is 2. The van der Waals surface area contributed by atoms with Gasteiger partial charge in [-0.3, -0.25) is 9.79 Å². The zero-order chi connectivity index (χ0) is 18.1. The van der Waals surface area contributed by atoms with Gasteiger partial charge in [0.2, 0.25) is 5.91 Å². The van der Waals surface area contributed by atoms with Gasteiger partial charge < -0.3 is 16.4 Å². The highest BCUT2D eigenvalue weighted by molar-refractivity contribution is 14.0. The second-order valence-corrected chi connectivity index (χ2v) is 6.63. The molecule has 1 amide bonds. The van der Waals surface area contributed by atoms with E-state index in [9.17, 15) is 9.18 Å². The number of hydrogen-bond donors (Lipinski definition) is 3. The lowest BCUT2D eigenvalue weighted by Gasteiger charge is -2.25. The highest BCUT2D eigenvalue weighted by Crippen LogP contribution is 2.17. The van der Waals surface area contributed by atoms with Gasteiger partial charge in [-0.05, 0) is 43.9 Å². The summed E-state index contributed by atoms with van der Waals surface area (Å²) in [6, 6.07) is 6.59. The first-order chi connectivity index (χ1) is 12.1. The van der Waals surface area contributed by atoms with Crippen LogP contribution < -0.4 is 16.4 Å². The second-order valence-electron chi connectivity index (χ2n) is 6.63. The summed E-state index contributed by atoms with van der Waals surface area (Å²) in [6.45, 7) is 3.09. The Morgan fingerprint density at radius 3 is 2.50 bits per heavy atom. The van der Waals surface area contributed by atoms with E-state index in [4.69, 9.17) is 5.73 Å². The summed E-state index contributed by atoms with van der Waals surface area (Å²) >= 11 is 0. The van der Waals surface area contributed by atoms with Gasteiger partial charge in [-0.1, -0.05) is 31.4 Å². The van der Waals surface area contributed by atoms with Gasteiger partial charge in [0.05, 0.1) is 12.5 Å². The summed E-state index contributed by atoms with van der Waals surface area (Å²) in [4.78, 5) is 16.3. The van der Waals surface area contributed by atoms with E-state index in [1.807, 2.05) is 6.92 Å². The van der Waals surface area contributed by atoms with Crippen molar-refractivity contribution in [1.82, 2.24) is 10.6 Å². The number of carbonyl (C=O) groups is 1. The van der Waals surface area contributed by atoms with E-state index in [0.717, 1.165) is 30.9 Å². The molecule has 1 aromatic rings. The topological polar surface area (TPSA) is 79.5 Å². The molecule has 0 radical (unpaired) electrons. The number of halogens is 2. The lowest BCUT2D eigenvalue weighted by molar-refractivity contribution is -0.121. The summed E-state index contributed by atoms with van der Waals surface area (Å²) < 4.78 is 13.0. The molecule has 1 saturated carbocycles. The molecule has 2 rings (SSSR count). The molecule has 4 N–H and O–H groups in total. The molecule has 0 heterocycles. The Bertz CT molecular complexity index is 573. The summed E-state index contributed by atoms with van der Waals surface area (Å²) in [6.07, 6.45) is 6.55. The molecule has 146 valence electrons. The zero-order valence-corrected chi connectivity index (χ0v) is 17.7. The summed E-state index contributed by atoms with van der Waals surface area (Å²) in [5.74, 6) is -0.350. The fraction of sp³-hybridized carbons (Fsp3) is 0.579. The van der Waals surface area contributed by atoms with Crippen LogP contribution in [0.1, 0.15) is 44.6 Å². The quantitative estimate of drug-likeness (QED) is 0.322. The van der Waals surface area contributed by atoms with Crippen LogP contribution in [0.25, 0.3) is 0 Å². The summed E-state index contributed by atoms with van der Waals surface area (Å²) in [5.41, 5.74) is 6.42. The smallest absolute Gasteiger partial charge is 0.222 e. The lowest BCUT2D eigenvalue weighted by atomic mass is 9.96. The van der Waals surface area contributed by atoms with Crippen LogP contribution in [0.3, 0.4) is 0 Å². The monoisotopic (exact) mass is 476 g/mol. The number of guanidine groups is 1. The minimum Gasteiger partial charge on any atom is -0.369 e. The van der Waals surface area contributed by atoms with Gasteiger partial charge in [0, 0.05) is 12.6 Å². The number of amides is 1. The average molecular weight is 476 g/mol. The highest BCUT2D eigenvalue weighted by atomic mass is 127. The third-order valence-corrected chi connectivity index (χ3v) is 4.56. The number of aliphatic imine (C=N–C) groups is 1. The summed E-state index contributed by atoms with van der Waals surface area (Å²) in [5, 5.41) is 6.69. The number of nitrogens with two attached hydrogens (primary N) is 1. The number of nitrogens with one attached hydrogen (secondary N) is 2. The van der Waals surface area contributed by atoms with Gasteiger partial charge in [0.25, 0.3) is 0 Å². The summed E-state index contributed by atoms with van der Waals surface area (Å²) in [7, 11) is 0. The van der Waals surface area contributed by atoms with Crippen molar-refractivity contribution in [2.75, 3.05) is 13.1 Å². The minimum atomic E-state index is -0.410. The molecule has 0 aromatic heterocycles. The van der Waals surface area contributed by atoms with E-state index < -0.39 is 5.92 Å². The van der Waals surface area contributed by atoms with Crippen molar-refractivity contribution in [2.45, 2.75) is 51.5 Å². The van der Waals surface area contributed by atoms with Crippen LogP contribution in [0.2, 0.25) is 0 Å². The van der Waals surface area contributed by atoms with Gasteiger partial charge in [-0.25, -0.2) is 4.39 Å². The Hall–Kier alpha value is -1.38. The molecule has 1 unspecified atom stereocenters. The first-order valence-electron chi connectivity index (χ1n) is 9.17. The largest absolute Gasteiger partial charge is 0.369 e. The molecule has 1 aromatic carbocycles. The maximum Gasteiger partial charge on any atom is 0.222 e. The SMILES string of the molecule is CCNC(=NCC(Cc1ccc(F)cc1)C(N)=O)NC1CCCCC1.I. The molecular formula is C19H30FIN4O. The first-order valence-corrected chi connectivity index (χ1v) is 9.17. The molecule has 1 aliphatic rings. The minimum absolute atomic E-state index is 0. The fourth-order valence-corrected chi connectivity index (χ4v) is 3.12. The molecule has 1 fully saturated rings. The van der Waals surface area contributed by atoms with Gasteiger partial charge in [-0.15, -0.1) is 24.0 Å². The molecule has 0 aliphatic heterocycles. The molecule has 5 nitrogen and oxygen atoms in total. The number of primary amides is 1. The molecule has 1 aliphatic carbocycles. The van der Waals surface area contributed by atoms with E-state index in [1.165, 1.54) is 31.4 Å². The third kappa shape index (κ3) is 7.88. The van der Waals surface area contributed by atoms with Crippen LogP contribution in [0.15, 0.2) is 29.3 Å². The number of carbonyl (C=O) groups excluding carboxylic acids is 1. The van der Waals surface area contributed by atoms with Gasteiger partial charge >= 0.3 is 0 Å². The molecule has 26 heavy (non-hydrogen) atoms. The third-order valence-electron chi connectivity index (χ3n) is 4.56. The van der Waals surface area contributed by atoms with Crippen LogP contribution in [-0.4, -0.2) is 31.0 Å². The van der Waals surface area contributed by atoms with Gasteiger partial charge in [0.15, 0.2) is 5.96 Å². The van der Waals surface area contributed by atoms with Crippen molar-refractivity contribution in [3.8, 4) is 0 Å². The van der Waals surface area contributed by atoms with Crippen molar-refractivity contribution < 1.29 is 9.18 Å². The van der Waals surface area contributed by atoms with Crippen molar-refractivity contribution in [3.05, 3.63) is 35.6 Å². The van der Waals surface area contributed by atoms with E-state index in [0.29, 0.717) is 19.0 Å². The van der Waals surface area contributed by atoms with Crippen molar-refractivity contribution in [1.29, 1.82) is 0 Å². The highest BCUT2D eigenvalue weighted by Gasteiger charge is 2.18. The van der Waals surface area contributed by atoms with Crippen LogP contribution in [-0.2, 0) is 11.2 Å². The van der Waals surface area contributed by atoms with Crippen LogP contribution in [0.4, 0.5) is 4.39 Å². The van der Waals surface area contributed by atoms with Gasteiger partial charge in [0.1, 0.15) is 5.82 Å². The molecule has 7 heteroatoms. The van der Waals surface area contributed by atoms with Crippen molar-refractivity contribution >= 4 is 35.8 Å². The molecule has 1 atom stereocenters. The number of nitrogens with zero attached hydrogens (tertiary/aromatic N) is 1. The predicted octanol–water partition coefficient (Wildman–Crippen LogP) is 2.98. The Kier molecular flexibility index (Phi) is 10.5. The number of rotatable bonds is 7. The first kappa shape index (κ1) is 22.7. The Balaban J connectivity index is 0.00000338. The van der Waals surface area contributed by atoms with Crippen molar-refractivity contribution in [3.63, 3.8) is 0 Å². The van der Waals surface area contributed by atoms with E-state index in [-0.39, 0.29) is 35.7 Å².